The molecule has 3 rings (SSSR count). The maximum Gasteiger partial charge on any atom is 0.143 e. The van der Waals surface area contributed by atoms with Gasteiger partial charge in [-0.2, -0.15) is 0 Å². The number of aliphatic hydroxyl groups excluding tert-OH is 1. The summed E-state index contributed by atoms with van der Waals surface area (Å²) in [5.41, 5.74) is 2.81. The maximum absolute atomic E-state index is 9.42. The summed E-state index contributed by atoms with van der Waals surface area (Å²) < 4.78 is 6.77. The predicted octanol–water partition coefficient (Wildman–Crippen LogP) is 6.33. The fourth-order valence-corrected chi connectivity index (χ4v) is 3.89. The van der Waals surface area contributed by atoms with E-state index in [-0.39, 0.29) is 6.10 Å². The van der Waals surface area contributed by atoms with Crippen molar-refractivity contribution in [3.05, 3.63) is 108 Å². The van der Waals surface area contributed by atoms with Gasteiger partial charge in [0.05, 0.1) is 6.10 Å². The highest BCUT2D eigenvalue weighted by Crippen LogP contribution is 2.40. The second kappa shape index (κ2) is 10.9. The quantitative estimate of drug-likeness (QED) is 0.307. The van der Waals surface area contributed by atoms with Gasteiger partial charge in [-0.05, 0) is 36.5 Å². The Morgan fingerprint density at radius 1 is 0.655 bits per heavy atom. The van der Waals surface area contributed by atoms with Crippen LogP contribution in [0, 0.1) is 0 Å². The summed E-state index contributed by atoms with van der Waals surface area (Å²) in [7, 11) is 0. The fraction of sp³-hybridized carbons (Fsp3) is 0.333. The van der Waals surface area contributed by atoms with Gasteiger partial charge in [-0.15, -0.1) is 0 Å². The van der Waals surface area contributed by atoms with Gasteiger partial charge in [0.25, 0.3) is 0 Å². The van der Waals surface area contributed by atoms with Crippen molar-refractivity contribution < 1.29 is 9.84 Å². The van der Waals surface area contributed by atoms with E-state index in [9.17, 15) is 5.11 Å². The van der Waals surface area contributed by atoms with E-state index >= 15 is 0 Å². The Morgan fingerprint density at radius 3 is 1.48 bits per heavy atom. The highest BCUT2D eigenvalue weighted by atomic mass is 16.5. The first-order chi connectivity index (χ1) is 14.2. The number of rotatable bonds is 11. The van der Waals surface area contributed by atoms with E-state index in [2.05, 4.69) is 72.8 Å². The SMILES string of the molecule is C[C@H](O)CCCCCCOC(c1ccccc1)(c1ccccc1)c1ccccc1. The molecule has 29 heavy (non-hydrogen) atoms. The Balaban J connectivity index is 1.85. The molecule has 0 bridgehead atoms. The van der Waals surface area contributed by atoms with Crippen molar-refractivity contribution in [3.63, 3.8) is 0 Å². The van der Waals surface area contributed by atoms with Gasteiger partial charge in [-0.3, -0.25) is 0 Å². The Hall–Kier alpha value is -2.42. The van der Waals surface area contributed by atoms with Crippen molar-refractivity contribution in [1.82, 2.24) is 0 Å². The van der Waals surface area contributed by atoms with E-state index in [1.54, 1.807) is 0 Å². The minimum absolute atomic E-state index is 0.201. The summed E-state index contributed by atoms with van der Waals surface area (Å²) in [6.07, 6.45) is 4.99. The lowest BCUT2D eigenvalue weighted by molar-refractivity contribution is 0.0106. The third kappa shape index (κ3) is 5.56. The van der Waals surface area contributed by atoms with Gasteiger partial charge in [-0.1, -0.05) is 110 Å². The lowest BCUT2D eigenvalue weighted by Crippen LogP contribution is -2.33. The lowest BCUT2D eigenvalue weighted by atomic mass is 9.80. The van der Waals surface area contributed by atoms with Crippen molar-refractivity contribution in [2.45, 2.75) is 50.7 Å². The van der Waals surface area contributed by atoms with E-state index in [1.807, 2.05) is 25.1 Å². The van der Waals surface area contributed by atoms with E-state index in [0.717, 1.165) is 48.8 Å². The maximum atomic E-state index is 9.42. The molecule has 0 aliphatic heterocycles. The van der Waals surface area contributed by atoms with Gasteiger partial charge in [0.15, 0.2) is 0 Å². The zero-order valence-corrected chi connectivity index (χ0v) is 17.3. The first-order valence-corrected chi connectivity index (χ1v) is 10.7. The molecule has 2 nitrogen and oxygen atoms in total. The van der Waals surface area contributed by atoms with Crippen LogP contribution < -0.4 is 0 Å². The van der Waals surface area contributed by atoms with Gasteiger partial charge < -0.3 is 9.84 Å². The van der Waals surface area contributed by atoms with Crippen LogP contribution >= 0.6 is 0 Å². The highest BCUT2D eigenvalue weighted by molar-refractivity contribution is 5.47. The number of hydrogen-bond acceptors (Lipinski definition) is 2. The molecule has 0 saturated heterocycles. The smallest absolute Gasteiger partial charge is 0.143 e. The van der Waals surface area contributed by atoms with Crippen LogP contribution in [0.2, 0.25) is 0 Å². The van der Waals surface area contributed by atoms with Gasteiger partial charge in [0.2, 0.25) is 0 Å². The molecule has 0 unspecified atom stereocenters. The van der Waals surface area contributed by atoms with Crippen molar-refractivity contribution in [2.24, 2.45) is 0 Å². The van der Waals surface area contributed by atoms with Crippen LogP contribution in [-0.2, 0) is 10.3 Å². The van der Waals surface area contributed by atoms with Crippen LogP contribution in [0.25, 0.3) is 0 Å². The fourth-order valence-electron chi connectivity index (χ4n) is 3.89. The van der Waals surface area contributed by atoms with E-state index in [1.165, 1.54) is 0 Å². The van der Waals surface area contributed by atoms with Crippen LogP contribution in [0.3, 0.4) is 0 Å². The normalized spacial score (nSPS) is 12.6. The minimum Gasteiger partial charge on any atom is -0.393 e. The molecule has 2 heteroatoms. The first kappa shape index (κ1) is 21.3. The molecule has 0 amide bonds. The van der Waals surface area contributed by atoms with E-state index in [0.29, 0.717) is 6.61 Å². The number of benzene rings is 3. The monoisotopic (exact) mass is 388 g/mol. The zero-order valence-electron chi connectivity index (χ0n) is 17.3. The molecule has 3 aromatic rings. The Morgan fingerprint density at radius 2 is 1.07 bits per heavy atom. The zero-order chi connectivity index (χ0) is 20.4. The number of ether oxygens (including phenoxy) is 1. The molecule has 0 fully saturated rings. The topological polar surface area (TPSA) is 29.5 Å². The van der Waals surface area contributed by atoms with E-state index < -0.39 is 5.60 Å². The highest BCUT2D eigenvalue weighted by Gasteiger charge is 2.37. The summed E-state index contributed by atoms with van der Waals surface area (Å²) >= 11 is 0. The third-order valence-electron chi connectivity index (χ3n) is 5.38. The molecule has 0 aliphatic carbocycles. The molecular formula is C27H32O2. The summed E-state index contributed by atoms with van der Waals surface area (Å²) in [5.74, 6) is 0. The van der Waals surface area contributed by atoms with Crippen molar-refractivity contribution in [3.8, 4) is 0 Å². The molecule has 3 aromatic carbocycles. The molecule has 152 valence electrons. The summed E-state index contributed by atoms with van der Waals surface area (Å²) in [5, 5.41) is 9.42. The standard InChI is InChI=1S/C27H32O2/c1-23(28)15-7-2-3-14-22-29-27(24-16-8-4-9-17-24,25-18-10-5-11-19-25)26-20-12-6-13-21-26/h4-6,8-13,16-21,23,28H,2-3,7,14-15,22H2,1H3/t23-/m0/s1. The van der Waals surface area contributed by atoms with Gasteiger partial charge in [-0.25, -0.2) is 0 Å². The van der Waals surface area contributed by atoms with E-state index in [4.69, 9.17) is 4.74 Å². The van der Waals surface area contributed by atoms with Gasteiger partial charge >= 0.3 is 0 Å². The van der Waals surface area contributed by atoms with Crippen LogP contribution in [0.4, 0.5) is 0 Å². The first-order valence-electron chi connectivity index (χ1n) is 10.7. The molecule has 0 saturated carbocycles. The Bertz CT molecular complexity index is 716. The van der Waals surface area contributed by atoms with Gasteiger partial charge in [0, 0.05) is 6.61 Å². The average molecular weight is 389 g/mol. The number of hydrogen-bond donors (Lipinski definition) is 1. The second-order valence-electron chi connectivity index (χ2n) is 7.68. The van der Waals surface area contributed by atoms with Crippen molar-refractivity contribution in [2.75, 3.05) is 6.61 Å². The minimum atomic E-state index is -0.622. The molecular weight excluding hydrogens is 356 g/mol. The second-order valence-corrected chi connectivity index (χ2v) is 7.68. The molecule has 0 aromatic heterocycles. The van der Waals surface area contributed by atoms with Crippen LogP contribution in [0.1, 0.15) is 55.7 Å². The largest absolute Gasteiger partial charge is 0.393 e. The van der Waals surface area contributed by atoms with Crippen LogP contribution in [0.5, 0.6) is 0 Å². The Kier molecular flexibility index (Phi) is 8.03. The van der Waals surface area contributed by atoms with Crippen LogP contribution in [0.15, 0.2) is 91.0 Å². The molecule has 0 heterocycles. The average Bonchev–Trinajstić information content (AvgIpc) is 2.77. The summed E-state index contributed by atoms with van der Waals surface area (Å²) in [6, 6.07) is 31.5. The Labute approximate surface area is 175 Å². The van der Waals surface area contributed by atoms with Crippen molar-refractivity contribution in [1.29, 1.82) is 0 Å². The molecule has 0 spiro atoms. The van der Waals surface area contributed by atoms with Crippen LogP contribution in [-0.4, -0.2) is 17.8 Å². The number of unbranched alkanes of at least 4 members (excludes halogenated alkanes) is 3. The molecule has 0 aliphatic rings. The molecule has 1 atom stereocenters. The van der Waals surface area contributed by atoms with Gasteiger partial charge in [0.1, 0.15) is 5.60 Å². The summed E-state index contributed by atoms with van der Waals surface area (Å²) in [6.45, 7) is 2.55. The molecule has 1 N–H and O–H groups in total. The van der Waals surface area contributed by atoms with Crippen molar-refractivity contribution >= 4 is 0 Å². The predicted molar refractivity (Wildman–Crippen MR) is 120 cm³/mol. The lowest BCUT2D eigenvalue weighted by Gasteiger charge is -2.36. The number of aliphatic hydroxyl groups is 1. The third-order valence-corrected chi connectivity index (χ3v) is 5.38. The summed E-state index contributed by atoms with van der Waals surface area (Å²) in [4.78, 5) is 0. The molecule has 0 radical (unpaired) electrons.